The Bertz CT molecular complexity index is 692. The molecule has 1 amide bonds. The molecule has 0 radical (unpaired) electrons. The molecule has 1 aromatic heterocycles. The van der Waals surface area contributed by atoms with Crippen molar-refractivity contribution < 1.29 is 19.0 Å². The van der Waals surface area contributed by atoms with Crippen LogP contribution >= 0.6 is 0 Å². The second kappa shape index (κ2) is 9.43. The highest BCUT2D eigenvalue weighted by molar-refractivity contribution is 5.93. The van der Waals surface area contributed by atoms with E-state index in [1.165, 1.54) is 12.4 Å². The van der Waals surface area contributed by atoms with Crippen molar-refractivity contribution in [3.63, 3.8) is 0 Å². The van der Waals surface area contributed by atoms with Crippen LogP contribution in [0.15, 0.2) is 30.6 Å². The van der Waals surface area contributed by atoms with E-state index < -0.39 is 0 Å². The molecule has 1 aromatic carbocycles. The zero-order valence-corrected chi connectivity index (χ0v) is 14.5. The highest BCUT2D eigenvalue weighted by Crippen LogP contribution is 2.27. The number of anilines is 1. The molecule has 0 aliphatic heterocycles. The SMILES string of the molecule is COCCNC(=O)c1cnc(NCc2ccc(OC)c(OC)c2)nc1. The number of aromatic nitrogens is 2. The van der Waals surface area contributed by atoms with Crippen LogP contribution in [0, 0.1) is 0 Å². The van der Waals surface area contributed by atoms with E-state index in [-0.39, 0.29) is 5.91 Å². The summed E-state index contributed by atoms with van der Waals surface area (Å²) in [6.07, 6.45) is 2.96. The van der Waals surface area contributed by atoms with Crippen LogP contribution in [0.3, 0.4) is 0 Å². The molecule has 1 heterocycles. The third-order valence-corrected chi connectivity index (χ3v) is 3.40. The highest BCUT2D eigenvalue weighted by atomic mass is 16.5. The first-order chi connectivity index (χ1) is 12.2. The molecule has 2 aromatic rings. The minimum Gasteiger partial charge on any atom is -0.493 e. The van der Waals surface area contributed by atoms with Crippen LogP contribution < -0.4 is 20.1 Å². The van der Waals surface area contributed by atoms with Gasteiger partial charge in [-0.05, 0) is 17.7 Å². The number of rotatable bonds is 9. The molecule has 0 fully saturated rings. The Kier molecular flexibility index (Phi) is 6.97. The van der Waals surface area contributed by atoms with Crippen molar-refractivity contribution in [2.45, 2.75) is 6.54 Å². The topological polar surface area (TPSA) is 94.6 Å². The normalized spacial score (nSPS) is 10.2. The van der Waals surface area contributed by atoms with Crippen molar-refractivity contribution in [2.24, 2.45) is 0 Å². The summed E-state index contributed by atoms with van der Waals surface area (Å²) in [7, 11) is 4.76. The molecule has 0 saturated carbocycles. The summed E-state index contributed by atoms with van der Waals surface area (Å²) in [6.45, 7) is 1.41. The number of hydrogen-bond donors (Lipinski definition) is 2. The molecule has 8 nitrogen and oxygen atoms in total. The summed E-state index contributed by atoms with van der Waals surface area (Å²) in [6, 6.07) is 5.64. The van der Waals surface area contributed by atoms with E-state index in [2.05, 4.69) is 20.6 Å². The molecule has 0 saturated heterocycles. The molecule has 0 atom stereocenters. The van der Waals surface area contributed by atoms with E-state index in [0.717, 1.165) is 5.56 Å². The van der Waals surface area contributed by atoms with E-state index in [1.807, 2.05) is 18.2 Å². The third-order valence-electron chi connectivity index (χ3n) is 3.40. The van der Waals surface area contributed by atoms with Crippen LogP contribution in [0.5, 0.6) is 11.5 Å². The quantitative estimate of drug-likeness (QED) is 0.664. The van der Waals surface area contributed by atoms with Gasteiger partial charge in [0.05, 0.1) is 26.4 Å². The predicted molar refractivity (Wildman–Crippen MR) is 93.1 cm³/mol. The van der Waals surface area contributed by atoms with Crippen molar-refractivity contribution in [1.29, 1.82) is 0 Å². The molecule has 8 heteroatoms. The molecule has 0 unspecified atom stereocenters. The number of carbonyl (C=O) groups is 1. The van der Waals surface area contributed by atoms with Gasteiger partial charge in [0.2, 0.25) is 5.95 Å². The van der Waals surface area contributed by atoms with Crippen LogP contribution in [0.2, 0.25) is 0 Å². The molecule has 134 valence electrons. The van der Waals surface area contributed by atoms with E-state index in [0.29, 0.717) is 42.7 Å². The number of methoxy groups -OCH3 is 3. The van der Waals surface area contributed by atoms with E-state index in [9.17, 15) is 4.79 Å². The summed E-state index contributed by atoms with van der Waals surface area (Å²) in [5.41, 5.74) is 1.38. The lowest BCUT2D eigenvalue weighted by Crippen LogP contribution is -2.27. The van der Waals surface area contributed by atoms with E-state index in [4.69, 9.17) is 14.2 Å². The first-order valence-electron chi connectivity index (χ1n) is 7.72. The number of ether oxygens (including phenoxy) is 3. The zero-order valence-electron chi connectivity index (χ0n) is 14.5. The van der Waals surface area contributed by atoms with Gasteiger partial charge in [-0.25, -0.2) is 9.97 Å². The minimum atomic E-state index is -0.233. The summed E-state index contributed by atoms with van der Waals surface area (Å²) in [5.74, 6) is 1.53. The lowest BCUT2D eigenvalue weighted by molar-refractivity contribution is 0.0936. The standard InChI is InChI=1S/C17H22N4O4/c1-23-7-6-18-16(22)13-10-20-17(21-11-13)19-9-12-4-5-14(24-2)15(8-12)25-3/h4-5,8,10-11H,6-7,9H2,1-3H3,(H,18,22)(H,19,20,21). The van der Waals surface area contributed by atoms with Gasteiger partial charge in [-0.3, -0.25) is 4.79 Å². The van der Waals surface area contributed by atoms with Crippen LogP contribution in [-0.2, 0) is 11.3 Å². The van der Waals surface area contributed by atoms with Crippen molar-refractivity contribution >= 4 is 11.9 Å². The van der Waals surface area contributed by atoms with Crippen LogP contribution in [0.4, 0.5) is 5.95 Å². The van der Waals surface area contributed by atoms with Gasteiger partial charge < -0.3 is 24.8 Å². The number of nitrogens with zero attached hydrogens (tertiary/aromatic N) is 2. The molecule has 0 bridgehead atoms. The van der Waals surface area contributed by atoms with E-state index >= 15 is 0 Å². The van der Waals surface area contributed by atoms with Crippen molar-refractivity contribution in [1.82, 2.24) is 15.3 Å². The smallest absolute Gasteiger partial charge is 0.254 e. The highest BCUT2D eigenvalue weighted by Gasteiger charge is 2.07. The molecule has 25 heavy (non-hydrogen) atoms. The second-order valence-corrected chi connectivity index (χ2v) is 5.09. The van der Waals surface area contributed by atoms with Crippen LogP contribution in [0.1, 0.15) is 15.9 Å². The summed E-state index contributed by atoms with van der Waals surface area (Å²) in [5, 5.41) is 5.81. The maximum atomic E-state index is 11.8. The fourth-order valence-corrected chi connectivity index (χ4v) is 2.08. The van der Waals surface area contributed by atoms with Crippen molar-refractivity contribution in [3.8, 4) is 11.5 Å². The molecule has 0 aliphatic carbocycles. The second-order valence-electron chi connectivity index (χ2n) is 5.09. The number of amides is 1. The molecule has 2 rings (SSSR count). The summed E-state index contributed by atoms with van der Waals surface area (Å²) < 4.78 is 15.4. The Morgan fingerprint density at radius 2 is 1.80 bits per heavy atom. The lowest BCUT2D eigenvalue weighted by atomic mass is 10.2. The Morgan fingerprint density at radius 1 is 1.08 bits per heavy atom. The molecule has 2 N–H and O–H groups in total. The Labute approximate surface area is 146 Å². The predicted octanol–water partition coefficient (Wildman–Crippen LogP) is 1.48. The maximum Gasteiger partial charge on any atom is 0.254 e. The van der Waals surface area contributed by atoms with Gasteiger partial charge in [0.1, 0.15) is 0 Å². The van der Waals surface area contributed by atoms with Crippen LogP contribution in [0.25, 0.3) is 0 Å². The minimum absolute atomic E-state index is 0.233. The lowest BCUT2D eigenvalue weighted by Gasteiger charge is -2.10. The van der Waals surface area contributed by atoms with E-state index in [1.54, 1.807) is 21.3 Å². The molecule has 0 spiro atoms. The van der Waals surface area contributed by atoms with Gasteiger partial charge in [-0.15, -0.1) is 0 Å². The number of benzene rings is 1. The average molecular weight is 346 g/mol. The summed E-state index contributed by atoms with van der Waals surface area (Å²) in [4.78, 5) is 20.1. The number of nitrogens with one attached hydrogen (secondary N) is 2. The first-order valence-corrected chi connectivity index (χ1v) is 7.72. The van der Waals surface area contributed by atoms with Gasteiger partial charge in [0, 0.05) is 32.6 Å². The first kappa shape index (κ1) is 18.5. The average Bonchev–Trinajstić information content (AvgIpc) is 2.66. The zero-order chi connectivity index (χ0) is 18.1. The Morgan fingerprint density at radius 3 is 2.44 bits per heavy atom. The maximum absolute atomic E-state index is 11.8. The fraction of sp³-hybridized carbons (Fsp3) is 0.353. The van der Waals surface area contributed by atoms with Crippen LogP contribution in [-0.4, -0.2) is 50.4 Å². The molecular weight excluding hydrogens is 324 g/mol. The van der Waals surface area contributed by atoms with Gasteiger partial charge >= 0.3 is 0 Å². The number of hydrogen-bond acceptors (Lipinski definition) is 7. The van der Waals surface area contributed by atoms with Gasteiger partial charge in [-0.2, -0.15) is 0 Å². The number of carbonyl (C=O) groups excluding carboxylic acids is 1. The Hall–Kier alpha value is -2.87. The molecular formula is C17H22N4O4. The van der Waals surface area contributed by atoms with Gasteiger partial charge in [0.25, 0.3) is 5.91 Å². The third kappa shape index (κ3) is 5.32. The van der Waals surface area contributed by atoms with Gasteiger partial charge in [0.15, 0.2) is 11.5 Å². The summed E-state index contributed by atoms with van der Waals surface area (Å²) >= 11 is 0. The van der Waals surface area contributed by atoms with Crippen molar-refractivity contribution in [3.05, 3.63) is 41.7 Å². The van der Waals surface area contributed by atoms with Crippen molar-refractivity contribution in [2.75, 3.05) is 39.8 Å². The fourth-order valence-electron chi connectivity index (χ4n) is 2.08. The van der Waals surface area contributed by atoms with Gasteiger partial charge in [-0.1, -0.05) is 6.07 Å². The molecule has 0 aliphatic rings. The Balaban J connectivity index is 1.92. The largest absolute Gasteiger partial charge is 0.493 e. The monoisotopic (exact) mass is 346 g/mol.